The summed E-state index contributed by atoms with van der Waals surface area (Å²) in [7, 11) is -0.0833. The number of carbonyl (C=O) groups excluding carboxylic acids is 2. The van der Waals surface area contributed by atoms with Gasteiger partial charge in [-0.1, -0.05) is 12.1 Å². The summed E-state index contributed by atoms with van der Waals surface area (Å²) in [6, 6.07) is 6.03. The zero-order valence-electron chi connectivity index (χ0n) is 19.5. The number of amides is 2. The van der Waals surface area contributed by atoms with Crippen molar-refractivity contribution in [1.29, 1.82) is 0 Å². The number of benzene rings is 1. The van der Waals surface area contributed by atoms with Crippen LogP contribution < -0.4 is 15.4 Å². The van der Waals surface area contributed by atoms with Crippen molar-refractivity contribution in [2.24, 2.45) is 0 Å². The van der Waals surface area contributed by atoms with Gasteiger partial charge >= 0.3 is 12.0 Å². The topological polar surface area (TPSA) is 117 Å². The Morgan fingerprint density at radius 3 is 2.39 bits per heavy atom. The zero-order valence-corrected chi connectivity index (χ0v) is 20.3. The molecule has 1 aromatic carbocycles. The van der Waals surface area contributed by atoms with Crippen LogP contribution >= 0.6 is 0 Å². The molecule has 0 aliphatic carbocycles. The molecule has 0 radical (unpaired) electrons. The number of methoxy groups -OCH3 is 1. The average molecular weight is 481 g/mol. The van der Waals surface area contributed by atoms with E-state index in [4.69, 9.17) is 9.47 Å². The van der Waals surface area contributed by atoms with E-state index in [-0.39, 0.29) is 12.6 Å². The molecule has 3 rings (SSSR count). The van der Waals surface area contributed by atoms with Gasteiger partial charge in [-0.2, -0.15) is 0 Å². The second-order valence-corrected chi connectivity index (χ2v) is 10.2. The Balaban J connectivity index is 1.84. The minimum absolute atomic E-state index is 0.0654. The molecule has 0 saturated carbocycles. The predicted molar refractivity (Wildman–Crippen MR) is 123 cm³/mol. The molecule has 0 bridgehead atoms. The van der Waals surface area contributed by atoms with Crippen LogP contribution in [0.1, 0.15) is 31.4 Å². The first-order chi connectivity index (χ1) is 15.6. The zero-order chi connectivity index (χ0) is 24.2. The van der Waals surface area contributed by atoms with Crippen LogP contribution in [-0.4, -0.2) is 82.3 Å². The summed E-state index contributed by atoms with van der Waals surface area (Å²) in [4.78, 5) is 27.5. The molecule has 1 atom stereocenters. The summed E-state index contributed by atoms with van der Waals surface area (Å²) in [6.45, 7) is 3.57. The van der Waals surface area contributed by atoms with E-state index >= 15 is 0 Å². The third-order valence-corrected chi connectivity index (χ3v) is 7.42. The third-order valence-electron chi connectivity index (χ3n) is 6.07. The summed E-state index contributed by atoms with van der Waals surface area (Å²) in [6.07, 6.45) is 2.54. The largest absolute Gasteiger partial charge is 0.497 e. The molecule has 2 aliphatic rings. The number of hydrogen-bond acceptors (Lipinski definition) is 7. The van der Waals surface area contributed by atoms with Gasteiger partial charge < -0.3 is 20.1 Å². The number of esters is 1. The Morgan fingerprint density at radius 2 is 1.85 bits per heavy atom. The lowest BCUT2D eigenvalue weighted by Gasteiger charge is -2.37. The maximum Gasteiger partial charge on any atom is 0.338 e. The quantitative estimate of drug-likeness (QED) is 0.537. The van der Waals surface area contributed by atoms with E-state index < -0.39 is 28.1 Å². The molecular weight excluding hydrogens is 448 g/mol. The van der Waals surface area contributed by atoms with E-state index in [9.17, 15) is 18.0 Å². The lowest BCUT2D eigenvalue weighted by atomic mass is 9.94. The highest BCUT2D eigenvalue weighted by Crippen LogP contribution is 2.30. The number of urea groups is 1. The second kappa shape index (κ2) is 10.5. The van der Waals surface area contributed by atoms with Gasteiger partial charge in [0, 0.05) is 38.4 Å². The van der Waals surface area contributed by atoms with Crippen LogP contribution in [0.5, 0.6) is 5.75 Å². The number of nitrogens with one attached hydrogen (secondary N) is 2. The molecule has 10 nitrogen and oxygen atoms in total. The molecular formula is C22H32N4O6S. The summed E-state index contributed by atoms with van der Waals surface area (Å²) in [5.74, 6) is 0.176. The van der Waals surface area contributed by atoms with Gasteiger partial charge in [-0.15, -0.1) is 0 Å². The average Bonchev–Trinajstić information content (AvgIpc) is 2.78. The third kappa shape index (κ3) is 6.04. The highest BCUT2D eigenvalue weighted by atomic mass is 32.2. The van der Waals surface area contributed by atoms with Gasteiger partial charge in [-0.05, 0) is 37.5 Å². The molecule has 0 spiro atoms. The number of likely N-dealkylation sites (tertiary alicyclic amines) is 1. The predicted octanol–water partition coefficient (Wildman–Crippen LogP) is 1.22. The van der Waals surface area contributed by atoms with Crippen molar-refractivity contribution in [3.05, 3.63) is 41.1 Å². The highest BCUT2D eigenvalue weighted by Gasteiger charge is 2.35. The van der Waals surface area contributed by atoms with Crippen molar-refractivity contribution in [3.63, 3.8) is 0 Å². The van der Waals surface area contributed by atoms with Gasteiger partial charge in [-0.3, -0.25) is 4.90 Å². The summed E-state index contributed by atoms with van der Waals surface area (Å²) >= 11 is 0. The summed E-state index contributed by atoms with van der Waals surface area (Å²) < 4.78 is 35.6. The van der Waals surface area contributed by atoms with E-state index in [2.05, 4.69) is 15.5 Å². The lowest BCUT2D eigenvalue weighted by Crippen LogP contribution is -2.50. The van der Waals surface area contributed by atoms with Gasteiger partial charge in [0.2, 0.25) is 10.0 Å². The van der Waals surface area contributed by atoms with Crippen molar-refractivity contribution >= 4 is 22.0 Å². The van der Waals surface area contributed by atoms with Crippen LogP contribution in [0.25, 0.3) is 0 Å². The molecule has 182 valence electrons. The molecule has 11 heteroatoms. The number of rotatable bonds is 8. The maximum atomic E-state index is 12.9. The Kier molecular flexibility index (Phi) is 7.98. The fourth-order valence-corrected chi connectivity index (χ4v) is 4.93. The monoisotopic (exact) mass is 480 g/mol. The van der Waals surface area contributed by atoms with Gasteiger partial charge in [0.1, 0.15) is 5.75 Å². The number of ether oxygens (including phenoxy) is 2. The molecule has 2 aliphatic heterocycles. The number of hydrogen-bond donors (Lipinski definition) is 2. The Hall–Kier alpha value is -2.63. The van der Waals surface area contributed by atoms with Crippen molar-refractivity contribution in [2.75, 3.05) is 46.7 Å². The van der Waals surface area contributed by atoms with Gasteiger partial charge in [0.05, 0.1) is 31.6 Å². The summed E-state index contributed by atoms with van der Waals surface area (Å²) in [5.41, 5.74) is 1.59. The fraction of sp³-hybridized carbons (Fsp3) is 0.545. The minimum atomic E-state index is -3.25. The van der Waals surface area contributed by atoms with Crippen molar-refractivity contribution in [1.82, 2.24) is 19.8 Å². The maximum absolute atomic E-state index is 12.9. The van der Waals surface area contributed by atoms with Gasteiger partial charge in [-0.25, -0.2) is 22.3 Å². The van der Waals surface area contributed by atoms with Crippen molar-refractivity contribution in [2.45, 2.75) is 31.8 Å². The van der Waals surface area contributed by atoms with E-state index in [1.807, 2.05) is 0 Å². The van der Waals surface area contributed by atoms with Crippen LogP contribution in [0, 0.1) is 0 Å². The molecule has 2 heterocycles. The van der Waals surface area contributed by atoms with Crippen molar-refractivity contribution in [3.8, 4) is 5.75 Å². The summed E-state index contributed by atoms with van der Waals surface area (Å²) in [5, 5.41) is 5.61. The van der Waals surface area contributed by atoms with Crippen LogP contribution in [0.2, 0.25) is 0 Å². The lowest BCUT2D eigenvalue weighted by molar-refractivity contribution is -0.139. The standard InChI is InChI=1S/C22H32N4O6S/c1-5-32-21(27)19-18(14-26-12-10-16(11-13-26)25(2)33(4,29)30)23-22(28)24-20(19)15-6-8-17(31-3)9-7-15/h6-9,16,20H,5,10-14H2,1-4H3,(H2,23,24,28). The molecule has 33 heavy (non-hydrogen) atoms. The normalized spacial score (nSPS) is 20.4. The Bertz CT molecular complexity index is 1000. The highest BCUT2D eigenvalue weighted by molar-refractivity contribution is 7.88. The van der Waals surface area contributed by atoms with E-state index in [1.165, 1.54) is 10.6 Å². The number of piperidine rings is 1. The van der Waals surface area contributed by atoms with Crippen LogP contribution in [0.15, 0.2) is 35.5 Å². The molecule has 1 fully saturated rings. The number of nitrogens with zero attached hydrogens (tertiary/aromatic N) is 2. The SMILES string of the molecule is CCOC(=O)C1=C(CN2CCC(N(C)S(C)(=O)=O)CC2)NC(=O)NC1c1ccc(OC)cc1. The van der Waals surface area contributed by atoms with Crippen LogP contribution in [0.3, 0.4) is 0 Å². The molecule has 1 unspecified atom stereocenters. The first-order valence-electron chi connectivity index (χ1n) is 10.9. The Morgan fingerprint density at radius 1 is 1.21 bits per heavy atom. The second-order valence-electron chi connectivity index (χ2n) is 8.20. The first kappa shape index (κ1) is 25.0. The molecule has 1 aromatic rings. The minimum Gasteiger partial charge on any atom is -0.497 e. The Labute approximate surface area is 194 Å². The van der Waals surface area contributed by atoms with Crippen LogP contribution in [0.4, 0.5) is 4.79 Å². The number of carbonyl (C=O) groups is 2. The molecule has 0 aromatic heterocycles. The fourth-order valence-electron chi connectivity index (χ4n) is 4.17. The van der Waals surface area contributed by atoms with E-state index in [0.29, 0.717) is 49.5 Å². The first-order valence-corrected chi connectivity index (χ1v) is 12.8. The van der Waals surface area contributed by atoms with E-state index in [0.717, 1.165) is 5.56 Å². The smallest absolute Gasteiger partial charge is 0.338 e. The molecule has 1 saturated heterocycles. The van der Waals surface area contributed by atoms with Gasteiger partial charge in [0.25, 0.3) is 0 Å². The van der Waals surface area contributed by atoms with Gasteiger partial charge in [0.15, 0.2) is 0 Å². The van der Waals surface area contributed by atoms with Crippen molar-refractivity contribution < 1.29 is 27.5 Å². The molecule has 2 N–H and O–H groups in total. The van der Waals surface area contributed by atoms with E-state index in [1.54, 1.807) is 45.3 Å². The molecule has 2 amide bonds. The number of sulfonamides is 1. The van der Waals surface area contributed by atoms with Crippen LogP contribution in [-0.2, 0) is 19.6 Å².